The fourth-order valence-electron chi connectivity index (χ4n) is 1.88. The number of benzene rings is 1. The first kappa shape index (κ1) is 13.5. The zero-order valence-corrected chi connectivity index (χ0v) is 11.7. The number of nitrogens with one attached hydrogen (secondary N) is 1. The van der Waals surface area contributed by atoms with Crippen LogP contribution in [0.4, 0.5) is 5.69 Å². The molecule has 0 atom stereocenters. The van der Waals surface area contributed by atoms with Crippen LogP contribution in [0.1, 0.15) is 17.5 Å². The molecule has 0 bridgehead atoms. The van der Waals surface area contributed by atoms with Gasteiger partial charge in [0.05, 0.1) is 6.20 Å². The molecule has 6 heteroatoms. The van der Waals surface area contributed by atoms with E-state index in [-0.39, 0.29) is 0 Å². The lowest BCUT2D eigenvalue weighted by Gasteiger charge is -2.09. The smallest absolute Gasteiger partial charge is 0.104 e. The monoisotopic (exact) mass is 275 g/mol. The van der Waals surface area contributed by atoms with Crippen LogP contribution >= 0.6 is 12.2 Å². The quantitative estimate of drug-likeness (QED) is 0.620. The van der Waals surface area contributed by atoms with E-state index in [1.165, 1.54) is 0 Å². The Kier molecular flexibility index (Phi) is 4.46. The molecule has 0 fully saturated rings. The van der Waals surface area contributed by atoms with Crippen molar-refractivity contribution in [1.82, 2.24) is 15.0 Å². The molecule has 0 unspecified atom stereocenters. The van der Waals surface area contributed by atoms with Gasteiger partial charge in [0, 0.05) is 30.5 Å². The molecule has 1 aromatic heterocycles. The Morgan fingerprint density at radius 1 is 1.47 bits per heavy atom. The average molecular weight is 275 g/mol. The molecule has 0 amide bonds. The molecule has 3 N–H and O–H groups in total. The summed E-state index contributed by atoms with van der Waals surface area (Å²) in [6.07, 6.45) is 4.53. The topological polar surface area (TPSA) is 68.8 Å². The second kappa shape index (κ2) is 6.29. The summed E-state index contributed by atoms with van der Waals surface area (Å²) < 4.78 is 1.82. The van der Waals surface area contributed by atoms with Gasteiger partial charge in [-0.2, -0.15) is 0 Å². The molecule has 19 heavy (non-hydrogen) atoms. The number of rotatable bonds is 6. The molecule has 5 nitrogen and oxygen atoms in total. The largest absolute Gasteiger partial charge is 0.389 e. The van der Waals surface area contributed by atoms with Crippen molar-refractivity contribution in [3.63, 3.8) is 0 Å². The van der Waals surface area contributed by atoms with Gasteiger partial charge in [-0.25, -0.2) is 0 Å². The predicted molar refractivity (Wildman–Crippen MR) is 80.2 cm³/mol. The molecule has 1 aromatic carbocycles. The molecule has 0 radical (unpaired) electrons. The summed E-state index contributed by atoms with van der Waals surface area (Å²) in [7, 11) is 0. The molecule has 1 heterocycles. The fourth-order valence-corrected chi connectivity index (χ4v) is 2.10. The number of hydrogen-bond acceptors (Lipinski definition) is 4. The Morgan fingerprint density at radius 2 is 2.32 bits per heavy atom. The molecule has 0 aliphatic heterocycles. The van der Waals surface area contributed by atoms with E-state index in [0.29, 0.717) is 4.99 Å². The second-order valence-corrected chi connectivity index (χ2v) is 4.78. The molecule has 0 saturated carbocycles. The van der Waals surface area contributed by atoms with Crippen LogP contribution in [0.5, 0.6) is 0 Å². The summed E-state index contributed by atoms with van der Waals surface area (Å²) in [6.45, 7) is 3.75. The molecule has 0 saturated heterocycles. The first-order valence-corrected chi connectivity index (χ1v) is 6.56. The van der Waals surface area contributed by atoms with Crippen molar-refractivity contribution >= 4 is 22.9 Å². The van der Waals surface area contributed by atoms with Crippen LogP contribution in [0.25, 0.3) is 0 Å². The van der Waals surface area contributed by atoms with Gasteiger partial charge < -0.3 is 11.1 Å². The normalized spacial score (nSPS) is 10.4. The van der Waals surface area contributed by atoms with Crippen LogP contribution in [0.2, 0.25) is 0 Å². The van der Waals surface area contributed by atoms with Gasteiger partial charge in [0.1, 0.15) is 4.99 Å². The summed E-state index contributed by atoms with van der Waals surface area (Å²) in [5, 5.41) is 11.1. The van der Waals surface area contributed by atoms with E-state index in [4.69, 9.17) is 18.0 Å². The molecule has 100 valence electrons. The van der Waals surface area contributed by atoms with Crippen molar-refractivity contribution in [2.45, 2.75) is 19.9 Å². The Morgan fingerprint density at radius 3 is 2.95 bits per heavy atom. The second-order valence-electron chi connectivity index (χ2n) is 4.34. The molecule has 0 aliphatic rings. The maximum absolute atomic E-state index is 5.64. The standard InChI is InChI=1S/C13H17N5S/c1-10-9-11(3-4-12(10)13(14)19)15-5-2-7-18-8-6-16-17-18/h3-4,6,8-9,15H,2,5,7H2,1H3,(H2,14,19). The van der Waals surface area contributed by atoms with Gasteiger partial charge in [0.2, 0.25) is 0 Å². The lowest BCUT2D eigenvalue weighted by atomic mass is 10.1. The van der Waals surface area contributed by atoms with Crippen LogP contribution in [-0.4, -0.2) is 26.5 Å². The van der Waals surface area contributed by atoms with Gasteiger partial charge in [-0.3, -0.25) is 4.68 Å². The van der Waals surface area contributed by atoms with E-state index in [9.17, 15) is 0 Å². The first-order valence-electron chi connectivity index (χ1n) is 6.15. The maximum Gasteiger partial charge on any atom is 0.104 e. The molecular weight excluding hydrogens is 258 g/mol. The number of aromatic nitrogens is 3. The van der Waals surface area contributed by atoms with E-state index in [1.54, 1.807) is 6.20 Å². The molecular formula is C13H17N5S. The Bertz CT molecular complexity index is 550. The minimum Gasteiger partial charge on any atom is -0.389 e. The Balaban J connectivity index is 1.83. The summed E-state index contributed by atoms with van der Waals surface area (Å²) >= 11 is 4.99. The summed E-state index contributed by atoms with van der Waals surface area (Å²) in [6, 6.07) is 6.01. The van der Waals surface area contributed by atoms with Crippen molar-refractivity contribution < 1.29 is 0 Å². The summed E-state index contributed by atoms with van der Waals surface area (Å²) in [5.41, 5.74) is 8.74. The van der Waals surface area contributed by atoms with E-state index in [2.05, 4.69) is 21.7 Å². The number of thiocarbonyl (C=S) groups is 1. The van der Waals surface area contributed by atoms with Crippen molar-refractivity contribution in [2.75, 3.05) is 11.9 Å². The van der Waals surface area contributed by atoms with Gasteiger partial charge in [-0.15, -0.1) is 5.10 Å². The number of aryl methyl sites for hydroxylation is 2. The number of hydrogen-bond donors (Lipinski definition) is 2. The van der Waals surface area contributed by atoms with Crippen LogP contribution < -0.4 is 11.1 Å². The average Bonchev–Trinajstić information content (AvgIpc) is 2.87. The lowest BCUT2D eigenvalue weighted by Crippen LogP contribution is -2.12. The van der Waals surface area contributed by atoms with Crippen molar-refractivity contribution in [2.24, 2.45) is 5.73 Å². The molecule has 0 spiro atoms. The van der Waals surface area contributed by atoms with Crippen LogP contribution in [-0.2, 0) is 6.54 Å². The Hall–Kier alpha value is -1.95. The summed E-state index contributed by atoms with van der Waals surface area (Å²) in [5.74, 6) is 0. The third kappa shape index (κ3) is 3.75. The zero-order chi connectivity index (χ0) is 13.7. The number of nitrogens with zero attached hydrogens (tertiary/aromatic N) is 3. The highest BCUT2D eigenvalue weighted by molar-refractivity contribution is 7.80. The summed E-state index contributed by atoms with van der Waals surface area (Å²) in [4.78, 5) is 0.440. The highest BCUT2D eigenvalue weighted by atomic mass is 32.1. The number of nitrogens with two attached hydrogens (primary N) is 1. The van der Waals surface area contributed by atoms with Gasteiger partial charge >= 0.3 is 0 Å². The van der Waals surface area contributed by atoms with Gasteiger partial charge in [0.25, 0.3) is 0 Å². The third-order valence-corrected chi connectivity index (χ3v) is 3.08. The van der Waals surface area contributed by atoms with Crippen molar-refractivity contribution in [3.05, 3.63) is 41.7 Å². The minimum atomic E-state index is 0.440. The highest BCUT2D eigenvalue weighted by Gasteiger charge is 2.02. The van der Waals surface area contributed by atoms with Crippen LogP contribution in [0, 0.1) is 6.92 Å². The Labute approximate surface area is 117 Å². The van der Waals surface area contributed by atoms with Crippen LogP contribution in [0.15, 0.2) is 30.6 Å². The van der Waals surface area contributed by atoms with Gasteiger partial charge in [-0.05, 0) is 37.1 Å². The van der Waals surface area contributed by atoms with E-state index in [1.807, 2.05) is 29.9 Å². The maximum atomic E-state index is 5.64. The SMILES string of the molecule is Cc1cc(NCCCn2ccnn2)ccc1C(N)=S. The minimum absolute atomic E-state index is 0.440. The first-order chi connectivity index (χ1) is 9.16. The third-order valence-electron chi connectivity index (χ3n) is 2.86. The molecule has 2 rings (SSSR count). The number of anilines is 1. The fraction of sp³-hybridized carbons (Fsp3) is 0.308. The zero-order valence-electron chi connectivity index (χ0n) is 10.8. The van der Waals surface area contributed by atoms with Crippen molar-refractivity contribution in [3.8, 4) is 0 Å². The van der Waals surface area contributed by atoms with Gasteiger partial charge in [0.15, 0.2) is 0 Å². The van der Waals surface area contributed by atoms with E-state index in [0.717, 1.165) is 36.3 Å². The lowest BCUT2D eigenvalue weighted by molar-refractivity contribution is 0.570. The van der Waals surface area contributed by atoms with E-state index >= 15 is 0 Å². The van der Waals surface area contributed by atoms with E-state index < -0.39 is 0 Å². The highest BCUT2D eigenvalue weighted by Crippen LogP contribution is 2.15. The molecule has 0 aliphatic carbocycles. The van der Waals surface area contributed by atoms with Crippen LogP contribution in [0.3, 0.4) is 0 Å². The van der Waals surface area contributed by atoms with Gasteiger partial charge in [-0.1, -0.05) is 17.4 Å². The molecule has 2 aromatic rings. The predicted octanol–water partition coefficient (Wildman–Crippen LogP) is 1.72. The van der Waals surface area contributed by atoms with Crippen molar-refractivity contribution in [1.29, 1.82) is 0 Å².